The molecular weight excluding hydrogens is 310 g/mol. The number of hydrogen-bond acceptors (Lipinski definition) is 7. The van der Waals surface area contributed by atoms with Crippen LogP contribution in [0.3, 0.4) is 0 Å². The van der Waals surface area contributed by atoms with E-state index in [-0.39, 0.29) is 0 Å². The Kier molecular flexibility index (Phi) is 4.39. The molecular formula is C16H17N5O3. The van der Waals surface area contributed by atoms with Crippen LogP contribution in [0.4, 0.5) is 5.69 Å². The Balaban J connectivity index is 2.23. The van der Waals surface area contributed by atoms with E-state index in [1.54, 1.807) is 42.5 Å². The Labute approximate surface area is 138 Å². The van der Waals surface area contributed by atoms with Crippen LogP contribution in [0.1, 0.15) is 16.1 Å². The van der Waals surface area contributed by atoms with Crippen LogP contribution >= 0.6 is 0 Å². The number of carbonyl (C=O) groups excluding carboxylic acids is 1. The second kappa shape index (κ2) is 6.63. The zero-order chi connectivity index (χ0) is 17.1. The predicted molar refractivity (Wildman–Crippen MR) is 88.0 cm³/mol. The Bertz CT molecular complexity index is 877. The SMILES string of the molecule is COCCc1nc(-n2ccnc2)nc2ccc(C(=O)OC)c(N)c12. The second-order valence-corrected chi connectivity index (χ2v) is 5.10. The van der Waals surface area contributed by atoms with Gasteiger partial charge < -0.3 is 15.2 Å². The molecule has 24 heavy (non-hydrogen) atoms. The predicted octanol–water partition coefficient (Wildman–Crippen LogP) is 1.37. The highest BCUT2D eigenvalue weighted by molar-refractivity contribution is 6.05. The normalized spacial score (nSPS) is 10.9. The summed E-state index contributed by atoms with van der Waals surface area (Å²) < 4.78 is 11.6. The highest BCUT2D eigenvalue weighted by atomic mass is 16.5. The van der Waals surface area contributed by atoms with Crippen LogP contribution in [0, 0.1) is 0 Å². The van der Waals surface area contributed by atoms with E-state index < -0.39 is 5.97 Å². The molecule has 0 bridgehead atoms. The van der Waals surface area contributed by atoms with Crippen molar-refractivity contribution in [2.24, 2.45) is 0 Å². The lowest BCUT2D eigenvalue weighted by atomic mass is 10.0. The van der Waals surface area contributed by atoms with Crippen molar-refractivity contribution >= 4 is 22.6 Å². The molecule has 2 heterocycles. The first-order valence-corrected chi connectivity index (χ1v) is 7.30. The van der Waals surface area contributed by atoms with Crippen molar-refractivity contribution in [1.82, 2.24) is 19.5 Å². The van der Waals surface area contributed by atoms with Crippen LogP contribution in [-0.4, -0.2) is 46.3 Å². The van der Waals surface area contributed by atoms with Crippen molar-refractivity contribution in [1.29, 1.82) is 0 Å². The van der Waals surface area contributed by atoms with Gasteiger partial charge in [-0.05, 0) is 12.1 Å². The number of benzene rings is 1. The summed E-state index contributed by atoms with van der Waals surface area (Å²) >= 11 is 0. The maximum absolute atomic E-state index is 11.9. The smallest absolute Gasteiger partial charge is 0.339 e. The molecule has 0 aliphatic rings. The molecule has 2 N–H and O–H groups in total. The molecule has 0 radical (unpaired) electrons. The van der Waals surface area contributed by atoms with Gasteiger partial charge >= 0.3 is 5.97 Å². The number of anilines is 1. The van der Waals surface area contributed by atoms with Gasteiger partial charge in [0.25, 0.3) is 0 Å². The minimum absolute atomic E-state index is 0.294. The number of esters is 1. The van der Waals surface area contributed by atoms with E-state index in [1.807, 2.05) is 0 Å². The second-order valence-electron chi connectivity index (χ2n) is 5.10. The van der Waals surface area contributed by atoms with Crippen LogP contribution < -0.4 is 5.73 Å². The maximum atomic E-state index is 11.9. The van der Waals surface area contributed by atoms with Gasteiger partial charge in [-0.3, -0.25) is 4.57 Å². The van der Waals surface area contributed by atoms with E-state index >= 15 is 0 Å². The highest BCUT2D eigenvalue weighted by Gasteiger charge is 2.18. The minimum atomic E-state index is -0.495. The van der Waals surface area contributed by atoms with Gasteiger partial charge in [0.05, 0.1) is 36.2 Å². The molecule has 0 fully saturated rings. The van der Waals surface area contributed by atoms with Gasteiger partial charge in [-0.25, -0.2) is 19.7 Å². The number of aromatic nitrogens is 4. The summed E-state index contributed by atoms with van der Waals surface area (Å²) in [6.07, 6.45) is 5.56. The van der Waals surface area contributed by atoms with E-state index in [9.17, 15) is 4.79 Å². The van der Waals surface area contributed by atoms with E-state index in [1.165, 1.54) is 7.11 Å². The summed E-state index contributed by atoms with van der Waals surface area (Å²) in [5.74, 6) is -0.0119. The average molecular weight is 327 g/mol. The van der Waals surface area contributed by atoms with Crippen LogP contribution in [0.25, 0.3) is 16.9 Å². The first-order chi connectivity index (χ1) is 11.7. The zero-order valence-electron chi connectivity index (χ0n) is 13.4. The number of imidazole rings is 1. The van der Waals surface area contributed by atoms with Gasteiger partial charge in [-0.1, -0.05) is 0 Å². The average Bonchev–Trinajstić information content (AvgIpc) is 3.13. The Morgan fingerprint density at radius 3 is 2.79 bits per heavy atom. The fraction of sp³-hybridized carbons (Fsp3) is 0.250. The first-order valence-electron chi connectivity index (χ1n) is 7.30. The third kappa shape index (κ3) is 2.79. The Morgan fingerprint density at radius 2 is 2.12 bits per heavy atom. The van der Waals surface area contributed by atoms with E-state index in [0.29, 0.717) is 46.8 Å². The largest absolute Gasteiger partial charge is 0.465 e. The Morgan fingerprint density at radius 1 is 1.29 bits per heavy atom. The minimum Gasteiger partial charge on any atom is -0.465 e. The molecule has 1 aromatic carbocycles. The van der Waals surface area contributed by atoms with Gasteiger partial charge in [-0.2, -0.15) is 0 Å². The highest BCUT2D eigenvalue weighted by Crippen LogP contribution is 2.28. The van der Waals surface area contributed by atoms with Gasteiger partial charge in [0.1, 0.15) is 6.33 Å². The number of fused-ring (bicyclic) bond motifs is 1. The molecule has 0 aliphatic heterocycles. The lowest BCUT2D eigenvalue weighted by Gasteiger charge is -2.13. The van der Waals surface area contributed by atoms with Gasteiger partial charge in [0.15, 0.2) is 0 Å². The molecule has 0 aliphatic carbocycles. The van der Waals surface area contributed by atoms with Crippen molar-refractivity contribution in [3.8, 4) is 5.95 Å². The molecule has 8 heteroatoms. The molecule has 2 aromatic heterocycles. The lowest BCUT2D eigenvalue weighted by Crippen LogP contribution is -2.10. The summed E-state index contributed by atoms with van der Waals surface area (Å²) in [5.41, 5.74) is 8.14. The first kappa shape index (κ1) is 15.9. The molecule has 0 spiro atoms. The van der Waals surface area contributed by atoms with Crippen molar-refractivity contribution in [3.05, 3.63) is 42.1 Å². The standard InChI is InChI=1S/C16H17N5O3/c1-23-8-5-12-13-11(4-3-10(14(13)17)15(22)24-2)19-16(20-12)21-7-6-18-9-21/h3-4,6-7,9H,5,8,17H2,1-2H3. The van der Waals surface area contributed by atoms with Crippen LogP contribution in [0.5, 0.6) is 0 Å². The number of nitrogen functional groups attached to an aromatic ring is 1. The van der Waals surface area contributed by atoms with E-state index in [0.717, 1.165) is 0 Å². The van der Waals surface area contributed by atoms with Crippen molar-refractivity contribution in [3.63, 3.8) is 0 Å². The molecule has 0 amide bonds. The summed E-state index contributed by atoms with van der Waals surface area (Å²) in [5, 5.41) is 0.638. The molecule has 0 atom stereocenters. The van der Waals surface area contributed by atoms with Gasteiger partial charge in [-0.15, -0.1) is 0 Å². The number of nitrogens with zero attached hydrogens (tertiary/aromatic N) is 4. The number of methoxy groups -OCH3 is 2. The summed E-state index contributed by atoms with van der Waals surface area (Å²) in [4.78, 5) is 25.0. The summed E-state index contributed by atoms with van der Waals surface area (Å²) in [7, 11) is 2.93. The van der Waals surface area contributed by atoms with Crippen LogP contribution in [0.15, 0.2) is 30.9 Å². The number of nitrogens with two attached hydrogens (primary N) is 1. The quantitative estimate of drug-likeness (QED) is 0.557. The molecule has 0 saturated carbocycles. The van der Waals surface area contributed by atoms with Crippen molar-refractivity contribution < 1.29 is 14.3 Å². The fourth-order valence-corrected chi connectivity index (χ4v) is 2.47. The molecule has 3 aromatic rings. The number of hydrogen-bond donors (Lipinski definition) is 1. The van der Waals surface area contributed by atoms with Crippen LogP contribution in [-0.2, 0) is 15.9 Å². The number of ether oxygens (including phenoxy) is 2. The van der Waals surface area contributed by atoms with Gasteiger partial charge in [0, 0.05) is 31.3 Å². The molecule has 0 unspecified atom stereocenters. The Hall–Kier alpha value is -3.00. The molecule has 3 rings (SSSR count). The summed E-state index contributed by atoms with van der Waals surface area (Å²) in [6.45, 7) is 0.470. The lowest BCUT2D eigenvalue weighted by molar-refractivity contribution is 0.0602. The van der Waals surface area contributed by atoms with Gasteiger partial charge in [0.2, 0.25) is 5.95 Å². The van der Waals surface area contributed by atoms with E-state index in [2.05, 4.69) is 15.0 Å². The molecule has 0 saturated heterocycles. The van der Waals surface area contributed by atoms with Crippen molar-refractivity contribution in [2.75, 3.05) is 26.6 Å². The zero-order valence-corrected chi connectivity index (χ0v) is 13.4. The summed E-state index contributed by atoms with van der Waals surface area (Å²) in [6, 6.07) is 3.34. The topological polar surface area (TPSA) is 105 Å². The third-order valence-electron chi connectivity index (χ3n) is 3.65. The molecule has 8 nitrogen and oxygen atoms in total. The number of rotatable bonds is 5. The third-order valence-corrected chi connectivity index (χ3v) is 3.65. The maximum Gasteiger partial charge on any atom is 0.339 e. The fourth-order valence-electron chi connectivity index (χ4n) is 2.47. The number of carbonyl (C=O) groups is 1. The van der Waals surface area contributed by atoms with Crippen molar-refractivity contribution in [2.45, 2.75) is 6.42 Å². The van der Waals surface area contributed by atoms with E-state index in [4.69, 9.17) is 15.2 Å². The van der Waals surface area contributed by atoms with Crippen LogP contribution in [0.2, 0.25) is 0 Å². The molecule has 124 valence electrons. The monoisotopic (exact) mass is 327 g/mol.